The van der Waals surface area contributed by atoms with Crippen LogP contribution in [-0.4, -0.2) is 28.4 Å². The number of benzene rings is 2. The van der Waals surface area contributed by atoms with E-state index in [-0.39, 0.29) is 11.5 Å². The number of rotatable bonds is 2. The smallest absolute Gasteiger partial charge is 0.335 e. The molecule has 0 radical (unpaired) electrons. The van der Waals surface area contributed by atoms with Gasteiger partial charge >= 0.3 is 5.97 Å². The Kier molecular flexibility index (Phi) is 4.09. The van der Waals surface area contributed by atoms with Crippen LogP contribution < -0.4 is 0 Å². The quantitative estimate of drug-likeness (QED) is 0.916. The fraction of sp³-hybridized carbons (Fsp3) is 0.222. The Hall–Kier alpha value is -2.33. The molecule has 0 unspecified atom stereocenters. The molecule has 0 fully saturated rings. The zero-order valence-electron chi connectivity index (χ0n) is 12.7. The standard InChI is InChI=1S/C18H16ClNO3/c1-11-2-5-15(19)9-16(11)17(21)20-7-6-12-3-4-13(18(22)23)8-14(12)10-20/h2-5,8-9H,6-7,10H2,1H3,(H,22,23). The van der Waals surface area contributed by atoms with Gasteiger partial charge < -0.3 is 10.0 Å². The number of carbonyl (C=O) groups excluding carboxylic acids is 1. The lowest BCUT2D eigenvalue weighted by Gasteiger charge is -2.29. The molecule has 5 heteroatoms. The summed E-state index contributed by atoms with van der Waals surface area (Å²) in [4.78, 5) is 25.6. The van der Waals surface area contributed by atoms with Gasteiger partial charge in [-0.25, -0.2) is 4.79 Å². The van der Waals surface area contributed by atoms with Crippen molar-refractivity contribution in [1.82, 2.24) is 4.90 Å². The van der Waals surface area contributed by atoms with Gasteiger partial charge in [0.2, 0.25) is 0 Å². The molecule has 2 aromatic rings. The van der Waals surface area contributed by atoms with Gasteiger partial charge in [-0.1, -0.05) is 23.7 Å². The van der Waals surface area contributed by atoms with Crippen molar-refractivity contribution in [2.45, 2.75) is 19.9 Å². The molecule has 0 bridgehead atoms. The van der Waals surface area contributed by atoms with Gasteiger partial charge in [0, 0.05) is 23.7 Å². The second kappa shape index (κ2) is 6.05. The van der Waals surface area contributed by atoms with Crippen molar-refractivity contribution in [2.75, 3.05) is 6.54 Å². The van der Waals surface area contributed by atoms with Crippen molar-refractivity contribution in [3.63, 3.8) is 0 Å². The molecule has 1 amide bonds. The van der Waals surface area contributed by atoms with Crippen molar-refractivity contribution in [3.8, 4) is 0 Å². The minimum atomic E-state index is -0.957. The summed E-state index contributed by atoms with van der Waals surface area (Å²) in [6.07, 6.45) is 0.723. The number of fused-ring (bicyclic) bond motifs is 1. The van der Waals surface area contributed by atoms with Gasteiger partial charge in [-0.2, -0.15) is 0 Å². The molecule has 3 rings (SSSR count). The SMILES string of the molecule is Cc1ccc(Cl)cc1C(=O)N1CCc2ccc(C(=O)O)cc2C1. The average Bonchev–Trinajstić information content (AvgIpc) is 2.55. The maximum atomic E-state index is 12.8. The van der Waals surface area contributed by atoms with E-state index in [0.717, 1.165) is 23.1 Å². The zero-order chi connectivity index (χ0) is 16.6. The summed E-state index contributed by atoms with van der Waals surface area (Å²) in [6, 6.07) is 10.4. The topological polar surface area (TPSA) is 57.6 Å². The Labute approximate surface area is 139 Å². The first kappa shape index (κ1) is 15.6. The fourth-order valence-corrected chi connectivity index (χ4v) is 3.03. The molecule has 0 aliphatic carbocycles. The Morgan fingerprint density at radius 3 is 2.65 bits per heavy atom. The van der Waals surface area contributed by atoms with Crippen LogP contribution >= 0.6 is 11.6 Å². The number of carboxylic acid groups (broad SMARTS) is 1. The van der Waals surface area contributed by atoms with Crippen molar-refractivity contribution >= 4 is 23.5 Å². The van der Waals surface area contributed by atoms with Crippen molar-refractivity contribution in [1.29, 1.82) is 0 Å². The number of nitrogens with zero attached hydrogens (tertiary/aromatic N) is 1. The molecule has 0 saturated heterocycles. The van der Waals surface area contributed by atoms with E-state index in [1.807, 2.05) is 19.1 Å². The van der Waals surface area contributed by atoms with Crippen LogP contribution in [0, 0.1) is 6.92 Å². The summed E-state index contributed by atoms with van der Waals surface area (Å²) in [5.74, 6) is -1.03. The first-order chi connectivity index (χ1) is 11.0. The normalized spacial score (nSPS) is 13.6. The van der Waals surface area contributed by atoms with Gasteiger partial charge in [0.15, 0.2) is 0 Å². The molecule has 118 valence electrons. The largest absolute Gasteiger partial charge is 0.478 e. The van der Waals surface area contributed by atoms with Gasteiger partial charge in [0.25, 0.3) is 5.91 Å². The van der Waals surface area contributed by atoms with Crippen LogP contribution in [0.15, 0.2) is 36.4 Å². The Bertz CT molecular complexity index is 801. The van der Waals surface area contributed by atoms with Crippen molar-refractivity contribution in [2.24, 2.45) is 0 Å². The zero-order valence-corrected chi connectivity index (χ0v) is 13.4. The van der Waals surface area contributed by atoms with Gasteiger partial charge in [-0.3, -0.25) is 4.79 Å². The molecular formula is C18H16ClNO3. The second-order valence-corrected chi connectivity index (χ2v) is 6.16. The average molecular weight is 330 g/mol. The van der Waals surface area contributed by atoms with Crippen molar-refractivity contribution in [3.05, 3.63) is 69.2 Å². The third kappa shape index (κ3) is 3.08. The predicted octanol–water partition coefficient (Wildman–Crippen LogP) is 3.55. The highest BCUT2D eigenvalue weighted by atomic mass is 35.5. The third-order valence-corrected chi connectivity index (χ3v) is 4.42. The van der Waals surface area contributed by atoms with E-state index in [4.69, 9.17) is 16.7 Å². The summed E-state index contributed by atoms with van der Waals surface area (Å²) < 4.78 is 0. The highest BCUT2D eigenvalue weighted by Gasteiger charge is 2.23. The van der Waals surface area contributed by atoms with E-state index in [1.165, 1.54) is 0 Å². The number of aromatic carboxylic acids is 1. The van der Waals surface area contributed by atoms with Crippen LogP contribution in [0.2, 0.25) is 5.02 Å². The molecule has 0 atom stereocenters. The molecular weight excluding hydrogens is 314 g/mol. The van der Waals surface area contributed by atoms with Crippen LogP contribution in [0.5, 0.6) is 0 Å². The summed E-state index contributed by atoms with van der Waals surface area (Å²) in [7, 11) is 0. The predicted molar refractivity (Wildman–Crippen MR) is 88.0 cm³/mol. The molecule has 23 heavy (non-hydrogen) atoms. The van der Waals surface area contributed by atoms with Gasteiger partial charge in [0.1, 0.15) is 0 Å². The molecule has 4 nitrogen and oxygen atoms in total. The van der Waals surface area contributed by atoms with E-state index < -0.39 is 5.97 Å². The molecule has 0 spiro atoms. The van der Waals surface area contributed by atoms with E-state index in [0.29, 0.717) is 23.7 Å². The molecule has 1 heterocycles. The molecule has 0 aromatic heterocycles. The van der Waals surface area contributed by atoms with E-state index >= 15 is 0 Å². The summed E-state index contributed by atoms with van der Waals surface area (Å²) >= 11 is 6.00. The van der Waals surface area contributed by atoms with E-state index in [9.17, 15) is 9.59 Å². The number of carboxylic acids is 1. The number of halogens is 1. The van der Waals surface area contributed by atoms with Crippen LogP contribution in [0.4, 0.5) is 0 Å². The third-order valence-electron chi connectivity index (χ3n) is 4.18. The maximum absolute atomic E-state index is 12.8. The highest BCUT2D eigenvalue weighted by molar-refractivity contribution is 6.31. The van der Waals surface area contributed by atoms with Crippen molar-refractivity contribution < 1.29 is 14.7 Å². The van der Waals surface area contributed by atoms with E-state index in [2.05, 4.69) is 0 Å². The van der Waals surface area contributed by atoms with Gasteiger partial charge in [-0.05, 0) is 54.3 Å². The minimum absolute atomic E-state index is 0.0728. The number of hydrogen-bond donors (Lipinski definition) is 1. The minimum Gasteiger partial charge on any atom is -0.478 e. The lowest BCUT2D eigenvalue weighted by Crippen LogP contribution is -2.36. The summed E-state index contributed by atoms with van der Waals surface area (Å²) in [5, 5.41) is 9.64. The first-order valence-electron chi connectivity index (χ1n) is 7.36. The monoisotopic (exact) mass is 329 g/mol. The Morgan fingerprint density at radius 2 is 1.91 bits per heavy atom. The van der Waals surface area contributed by atoms with Crippen LogP contribution in [0.1, 0.15) is 37.4 Å². The lowest BCUT2D eigenvalue weighted by atomic mass is 9.96. The molecule has 0 saturated carbocycles. The summed E-state index contributed by atoms with van der Waals surface area (Å²) in [6.45, 7) is 2.91. The number of amides is 1. The molecule has 2 aromatic carbocycles. The second-order valence-electron chi connectivity index (χ2n) is 5.72. The highest BCUT2D eigenvalue weighted by Crippen LogP contribution is 2.24. The van der Waals surface area contributed by atoms with Gasteiger partial charge in [0.05, 0.1) is 5.56 Å². The molecule has 1 N–H and O–H groups in total. The van der Waals surface area contributed by atoms with E-state index in [1.54, 1.807) is 29.2 Å². The van der Waals surface area contributed by atoms with Crippen LogP contribution in [0.25, 0.3) is 0 Å². The maximum Gasteiger partial charge on any atom is 0.335 e. The summed E-state index contributed by atoms with van der Waals surface area (Å²) in [5.41, 5.74) is 3.71. The lowest BCUT2D eigenvalue weighted by molar-refractivity contribution is 0.0696. The molecule has 1 aliphatic rings. The molecule has 1 aliphatic heterocycles. The number of carbonyl (C=O) groups is 2. The number of aryl methyl sites for hydroxylation is 1. The van der Waals surface area contributed by atoms with Gasteiger partial charge in [-0.15, -0.1) is 0 Å². The first-order valence-corrected chi connectivity index (χ1v) is 7.74. The fourth-order valence-electron chi connectivity index (χ4n) is 2.86. The Balaban J connectivity index is 1.89. The Morgan fingerprint density at radius 1 is 1.13 bits per heavy atom. The van der Waals surface area contributed by atoms with Crippen LogP contribution in [-0.2, 0) is 13.0 Å². The van der Waals surface area contributed by atoms with Crippen LogP contribution in [0.3, 0.4) is 0 Å². The number of hydrogen-bond acceptors (Lipinski definition) is 2.